The Balaban J connectivity index is 1.18. The molecule has 4 aromatic heterocycles. The highest BCUT2D eigenvalue weighted by Gasteiger charge is 2.28. The Hall–Kier alpha value is -3.40. The summed E-state index contributed by atoms with van der Waals surface area (Å²) in [6, 6.07) is 3.64. The number of rotatable bonds is 5. The molecule has 0 radical (unpaired) electrons. The zero-order valence-corrected chi connectivity index (χ0v) is 18.6. The Labute approximate surface area is 188 Å². The lowest BCUT2D eigenvalue weighted by Gasteiger charge is -2.32. The lowest BCUT2D eigenvalue weighted by molar-refractivity contribution is -0.151. The number of pyridine rings is 1. The van der Waals surface area contributed by atoms with E-state index in [0.29, 0.717) is 18.7 Å². The van der Waals surface area contributed by atoms with Crippen molar-refractivity contribution in [2.24, 2.45) is 5.92 Å². The van der Waals surface area contributed by atoms with E-state index in [-0.39, 0.29) is 24.4 Å². The molecular weight excluding hydrogens is 428 g/mol. The van der Waals surface area contributed by atoms with E-state index in [0.717, 1.165) is 34.7 Å². The van der Waals surface area contributed by atoms with E-state index in [2.05, 4.69) is 43.8 Å². The Morgan fingerprint density at radius 2 is 2.12 bits per heavy atom. The molecule has 4 aromatic rings. The SMILES string of the molecule is Cc1sc2ncnc(N3CCC(C(=O)OCc4nc(-c5cccnc5)no4)CC3)c2c1C. The maximum Gasteiger partial charge on any atom is 0.309 e. The molecular formula is C22H22N6O3S. The van der Waals surface area contributed by atoms with Crippen LogP contribution >= 0.6 is 11.3 Å². The van der Waals surface area contributed by atoms with Crippen LogP contribution in [0.1, 0.15) is 29.2 Å². The van der Waals surface area contributed by atoms with Crippen molar-refractivity contribution in [1.82, 2.24) is 25.1 Å². The van der Waals surface area contributed by atoms with Gasteiger partial charge in [0.25, 0.3) is 5.89 Å². The van der Waals surface area contributed by atoms with Crippen LogP contribution in [0.15, 0.2) is 35.4 Å². The van der Waals surface area contributed by atoms with Gasteiger partial charge in [0.05, 0.1) is 11.3 Å². The predicted molar refractivity (Wildman–Crippen MR) is 119 cm³/mol. The van der Waals surface area contributed by atoms with Gasteiger partial charge in [-0.25, -0.2) is 9.97 Å². The first-order valence-corrected chi connectivity index (χ1v) is 11.3. The van der Waals surface area contributed by atoms with Crippen LogP contribution in [0, 0.1) is 19.8 Å². The van der Waals surface area contributed by atoms with Gasteiger partial charge in [0, 0.05) is 35.9 Å². The number of hydrogen-bond acceptors (Lipinski definition) is 10. The van der Waals surface area contributed by atoms with Crippen molar-refractivity contribution in [2.75, 3.05) is 18.0 Å². The van der Waals surface area contributed by atoms with E-state index in [9.17, 15) is 4.79 Å². The minimum absolute atomic E-state index is 0.0355. The molecule has 164 valence electrons. The lowest BCUT2D eigenvalue weighted by atomic mass is 9.97. The first kappa shape index (κ1) is 20.5. The number of ether oxygens (including phenoxy) is 1. The van der Waals surface area contributed by atoms with Gasteiger partial charge in [0.15, 0.2) is 6.61 Å². The van der Waals surface area contributed by atoms with Crippen LogP contribution in [-0.4, -0.2) is 44.2 Å². The number of anilines is 1. The molecule has 5 heterocycles. The van der Waals surface area contributed by atoms with Gasteiger partial charge >= 0.3 is 5.97 Å². The Bertz CT molecular complexity index is 1250. The molecule has 0 spiro atoms. The first-order chi connectivity index (χ1) is 15.6. The average Bonchev–Trinajstić information content (AvgIpc) is 3.42. The number of aryl methyl sites for hydroxylation is 2. The minimum Gasteiger partial charge on any atom is -0.455 e. The average molecular weight is 451 g/mol. The zero-order chi connectivity index (χ0) is 22.1. The van der Waals surface area contributed by atoms with Gasteiger partial charge in [0.2, 0.25) is 5.82 Å². The van der Waals surface area contributed by atoms with Crippen LogP contribution in [0.5, 0.6) is 0 Å². The van der Waals surface area contributed by atoms with E-state index < -0.39 is 0 Å². The molecule has 0 amide bonds. The van der Waals surface area contributed by atoms with Crippen molar-refractivity contribution in [3.05, 3.63) is 47.2 Å². The van der Waals surface area contributed by atoms with Gasteiger partial charge in [-0.05, 0) is 44.4 Å². The summed E-state index contributed by atoms with van der Waals surface area (Å²) in [5.41, 5.74) is 1.98. The fourth-order valence-corrected chi connectivity index (χ4v) is 4.90. The number of fused-ring (bicyclic) bond motifs is 1. The minimum atomic E-state index is -0.235. The van der Waals surface area contributed by atoms with Crippen molar-refractivity contribution < 1.29 is 14.1 Å². The summed E-state index contributed by atoms with van der Waals surface area (Å²) in [4.78, 5) is 34.4. The summed E-state index contributed by atoms with van der Waals surface area (Å²) in [6.07, 6.45) is 6.36. The number of aromatic nitrogens is 5. The van der Waals surface area contributed by atoms with Crippen molar-refractivity contribution in [2.45, 2.75) is 33.3 Å². The maximum absolute atomic E-state index is 12.6. The normalized spacial score (nSPS) is 14.8. The van der Waals surface area contributed by atoms with Gasteiger partial charge < -0.3 is 14.2 Å². The smallest absolute Gasteiger partial charge is 0.309 e. The molecule has 0 atom stereocenters. The molecule has 0 N–H and O–H groups in total. The Morgan fingerprint density at radius 1 is 1.28 bits per heavy atom. The maximum atomic E-state index is 12.6. The highest BCUT2D eigenvalue weighted by Crippen LogP contribution is 2.35. The molecule has 1 aliphatic rings. The number of piperidine rings is 1. The number of esters is 1. The number of carbonyl (C=O) groups excluding carboxylic acids is 1. The number of hydrogen-bond donors (Lipinski definition) is 0. The van der Waals surface area contributed by atoms with Gasteiger partial charge in [-0.1, -0.05) is 5.16 Å². The van der Waals surface area contributed by atoms with E-state index in [1.165, 1.54) is 10.4 Å². The van der Waals surface area contributed by atoms with E-state index >= 15 is 0 Å². The van der Waals surface area contributed by atoms with E-state index in [1.807, 2.05) is 6.07 Å². The number of carbonyl (C=O) groups is 1. The molecule has 1 saturated heterocycles. The fourth-order valence-electron chi connectivity index (χ4n) is 3.91. The van der Waals surface area contributed by atoms with Gasteiger partial charge in [-0.2, -0.15) is 4.98 Å². The molecule has 10 heteroatoms. The van der Waals surface area contributed by atoms with E-state index in [4.69, 9.17) is 9.26 Å². The lowest BCUT2D eigenvalue weighted by Crippen LogP contribution is -2.37. The van der Waals surface area contributed by atoms with Crippen LogP contribution in [0.4, 0.5) is 5.82 Å². The second kappa shape index (κ2) is 8.62. The third-order valence-electron chi connectivity index (χ3n) is 5.80. The quantitative estimate of drug-likeness (QED) is 0.420. The molecule has 0 aliphatic carbocycles. The largest absolute Gasteiger partial charge is 0.455 e. The third kappa shape index (κ3) is 3.93. The highest BCUT2D eigenvalue weighted by atomic mass is 32.1. The molecule has 9 nitrogen and oxygen atoms in total. The number of thiophene rings is 1. The monoisotopic (exact) mass is 450 g/mol. The molecule has 32 heavy (non-hydrogen) atoms. The standard InChI is InChI=1S/C22H22N6O3S/c1-13-14(2)32-21-18(13)20(24-12-25-21)28-8-5-15(6-9-28)22(29)30-11-17-26-19(27-31-17)16-4-3-7-23-10-16/h3-4,7,10,12,15H,5-6,8-9,11H2,1-2H3. The number of nitrogens with zero attached hydrogens (tertiary/aromatic N) is 6. The summed E-state index contributed by atoms with van der Waals surface area (Å²) in [5.74, 6) is 1.25. The molecule has 0 bridgehead atoms. The van der Waals surface area contributed by atoms with Crippen LogP contribution in [-0.2, 0) is 16.1 Å². The molecule has 1 fully saturated rings. The first-order valence-electron chi connectivity index (χ1n) is 10.5. The van der Waals surface area contributed by atoms with Crippen molar-refractivity contribution in [3.63, 3.8) is 0 Å². The second-order valence-corrected chi connectivity index (χ2v) is 8.99. The summed E-state index contributed by atoms with van der Waals surface area (Å²) in [5, 5.41) is 5.04. The van der Waals surface area contributed by atoms with Crippen LogP contribution < -0.4 is 4.90 Å². The highest BCUT2D eigenvalue weighted by molar-refractivity contribution is 7.18. The van der Waals surface area contributed by atoms with Crippen molar-refractivity contribution >= 4 is 33.3 Å². The second-order valence-electron chi connectivity index (χ2n) is 7.78. The van der Waals surface area contributed by atoms with E-state index in [1.54, 1.807) is 36.1 Å². The van der Waals surface area contributed by atoms with Gasteiger partial charge in [-0.3, -0.25) is 9.78 Å². The summed E-state index contributed by atoms with van der Waals surface area (Å²) in [6.45, 7) is 5.67. The molecule has 0 aromatic carbocycles. The van der Waals surface area contributed by atoms with Crippen molar-refractivity contribution in [3.8, 4) is 11.4 Å². The third-order valence-corrected chi connectivity index (χ3v) is 6.91. The van der Waals surface area contributed by atoms with Crippen LogP contribution in [0.2, 0.25) is 0 Å². The van der Waals surface area contributed by atoms with Gasteiger partial charge in [0.1, 0.15) is 17.0 Å². The predicted octanol–water partition coefficient (Wildman–Crippen LogP) is 3.71. The molecule has 0 unspecified atom stereocenters. The molecule has 5 rings (SSSR count). The van der Waals surface area contributed by atoms with Crippen LogP contribution in [0.25, 0.3) is 21.6 Å². The van der Waals surface area contributed by atoms with Gasteiger partial charge in [-0.15, -0.1) is 11.3 Å². The Morgan fingerprint density at radius 3 is 2.91 bits per heavy atom. The van der Waals surface area contributed by atoms with Crippen molar-refractivity contribution in [1.29, 1.82) is 0 Å². The summed E-state index contributed by atoms with van der Waals surface area (Å²) < 4.78 is 10.7. The molecule has 1 aliphatic heterocycles. The Kier molecular flexibility index (Phi) is 5.52. The summed E-state index contributed by atoms with van der Waals surface area (Å²) >= 11 is 1.69. The summed E-state index contributed by atoms with van der Waals surface area (Å²) in [7, 11) is 0. The fraction of sp³-hybridized carbons (Fsp3) is 0.364. The zero-order valence-electron chi connectivity index (χ0n) is 17.8. The van der Waals surface area contributed by atoms with Crippen LogP contribution in [0.3, 0.4) is 0 Å². The molecule has 0 saturated carbocycles. The topological polar surface area (TPSA) is 107 Å².